The van der Waals surface area contributed by atoms with Crippen molar-refractivity contribution in [3.8, 4) is 0 Å². The van der Waals surface area contributed by atoms with Crippen molar-refractivity contribution in [2.24, 2.45) is 0 Å². The highest BCUT2D eigenvalue weighted by atomic mass is 35.5. The summed E-state index contributed by atoms with van der Waals surface area (Å²) in [6.45, 7) is 4.32. The minimum atomic E-state index is -0.910. The number of aliphatic hydroxyl groups is 2. The van der Waals surface area contributed by atoms with Crippen molar-refractivity contribution in [3.63, 3.8) is 0 Å². The Bertz CT molecular complexity index is 1870. The van der Waals surface area contributed by atoms with E-state index in [0.29, 0.717) is 105 Å². The first kappa shape index (κ1) is 35.1. The van der Waals surface area contributed by atoms with Crippen LogP contribution in [-0.2, 0) is 9.59 Å². The number of aliphatic hydroxyl groups excluding tert-OH is 2. The molecule has 0 bridgehead atoms. The lowest BCUT2D eigenvalue weighted by Gasteiger charge is -2.24. The normalized spacial score (nSPS) is 17.2. The Morgan fingerprint density at radius 3 is 1.40 bits per heavy atom. The zero-order valence-corrected chi connectivity index (χ0v) is 29.0. The third-order valence-corrected chi connectivity index (χ3v) is 9.59. The molecule has 4 aromatic carbocycles. The number of rotatable bonds is 4. The molecule has 2 atom stereocenters. The predicted octanol–water partition coefficient (Wildman–Crippen LogP) is 7.14. The van der Waals surface area contributed by atoms with Crippen molar-refractivity contribution < 1.29 is 29.4 Å². The van der Waals surface area contributed by atoms with E-state index in [4.69, 9.17) is 23.2 Å². The molecule has 0 saturated heterocycles. The van der Waals surface area contributed by atoms with Crippen molar-refractivity contribution in [1.82, 2.24) is 0 Å². The van der Waals surface area contributed by atoms with Crippen molar-refractivity contribution in [2.75, 3.05) is 33.5 Å². The second-order valence-electron chi connectivity index (χ2n) is 12.6. The highest BCUT2D eigenvalue weighted by molar-refractivity contribution is 6.43. The molecule has 0 radical (unpaired) electrons. The van der Waals surface area contributed by atoms with Gasteiger partial charge in [0, 0.05) is 68.1 Å². The van der Waals surface area contributed by atoms with Gasteiger partial charge in [0.05, 0.1) is 12.2 Å². The maximum absolute atomic E-state index is 13.7. The number of hydrogen-bond acceptors (Lipinski definition) is 6. The lowest BCUT2D eigenvalue weighted by Crippen LogP contribution is -2.32. The monoisotopic (exact) mass is 714 g/mol. The number of nitrogens with one attached hydrogen (secondary N) is 2. The molecule has 6 rings (SSSR count). The lowest BCUT2D eigenvalue weighted by molar-refractivity contribution is -0.132. The van der Waals surface area contributed by atoms with Gasteiger partial charge in [0.1, 0.15) is 0 Å². The van der Waals surface area contributed by atoms with E-state index in [1.54, 1.807) is 96.4 Å². The molecular weight excluding hydrogens is 679 g/mol. The van der Waals surface area contributed by atoms with E-state index in [2.05, 4.69) is 10.6 Å². The molecule has 4 aromatic rings. The molecule has 2 aliphatic rings. The predicted molar refractivity (Wildman–Crippen MR) is 194 cm³/mol. The first-order valence-electron chi connectivity index (χ1n) is 16.3. The van der Waals surface area contributed by atoms with E-state index in [0.717, 1.165) is 0 Å². The van der Waals surface area contributed by atoms with Gasteiger partial charge in [-0.25, -0.2) is 0 Å². The van der Waals surface area contributed by atoms with Crippen molar-refractivity contribution >= 4 is 69.6 Å². The third kappa shape index (κ3) is 7.25. The summed E-state index contributed by atoms with van der Waals surface area (Å²) in [6.07, 6.45) is 0.756. The zero-order valence-electron chi connectivity index (χ0n) is 27.5. The molecular formula is C38H36Cl2N4O6. The maximum Gasteiger partial charge on any atom is 0.314 e. The van der Waals surface area contributed by atoms with E-state index in [9.17, 15) is 29.4 Å². The van der Waals surface area contributed by atoms with Crippen LogP contribution in [0.25, 0.3) is 0 Å². The van der Waals surface area contributed by atoms with Crippen LogP contribution < -0.4 is 20.4 Å². The summed E-state index contributed by atoms with van der Waals surface area (Å²) in [5.41, 5.74) is 5.08. The van der Waals surface area contributed by atoms with Crippen LogP contribution in [0, 0.1) is 13.8 Å². The Balaban J connectivity index is 1.12. The molecule has 50 heavy (non-hydrogen) atoms. The number of carbonyl (C=O) groups is 4. The molecule has 4 amide bonds. The first-order valence-corrected chi connectivity index (χ1v) is 17.1. The fraction of sp³-hybridized carbons (Fsp3) is 0.263. The van der Waals surface area contributed by atoms with Gasteiger partial charge in [-0.05, 0) is 123 Å². The van der Waals surface area contributed by atoms with Crippen LogP contribution in [0.15, 0.2) is 72.8 Å². The summed E-state index contributed by atoms with van der Waals surface area (Å²) in [5, 5.41) is 27.3. The number of benzene rings is 4. The van der Waals surface area contributed by atoms with E-state index in [-0.39, 0.29) is 11.8 Å². The number of fused-ring (bicyclic) bond motifs is 2. The third-order valence-electron chi connectivity index (χ3n) is 9.12. The molecule has 4 N–H and O–H groups in total. The SMILES string of the molecule is Cc1cc(NC(=O)C(=O)Nc2ccc(C(=O)N3CCCC(O)c4cc(Cl)ccc43)c(C)c2)ccc1C(=O)N1CCCC(O)c2cc(Cl)ccc21. The summed E-state index contributed by atoms with van der Waals surface area (Å²) in [4.78, 5) is 56.3. The Kier molecular flexibility index (Phi) is 10.3. The topological polar surface area (TPSA) is 139 Å². The zero-order chi connectivity index (χ0) is 35.7. The summed E-state index contributed by atoms with van der Waals surface area (Å²) < 4.78 is 0. The Morgan fingerprint density at radius 2 is 1.02 bits per heavy atom. The van der Waals surface area contributed by atoms with Crippen LogP contribution >= 0.6 is 23.2 Å². The number of nitrogens with zero attached hydrogens (tertiary/aromatic N) is 2. The van der Waals surface area contributed by atoms with Crippen LogP contribution in [0.4, 0.5) is 22.7 Å². The van der Waals surface area contributed by atoms with Crippen LogP contribution in [0.1, 0.15) is 80.9 Å². The van der Waals surface area contributed by atoms with E-state index in [1.807, 2.05) is 0 Å². The molecule has 0 spiro atoms. The van der Waals surface area contributed by atoms with Gasteiger partial charge >= 0.3 is 11.8 Å². The van der Waals surface area contributed by atoms with Gasteiger partial charge in [0.2, 0.25) is 0 Å². The second kappa shape index (κ2) is 14.6. The van der Waals surface area contributed by atoms with Crippen molar-refractivity contribution in [3.05, 3.63) is 116 Å². The second-order valence-corrected chi connectivity index (χ2v) is 13.5. The Morgan fingerprint density at radius 1 is 0.620 bits per heavy atom. The van der Waals surface area contributed by atoms with E-state index >= 15 is 0 Å². The largest absolute Gasteiger partial charge is 0.388 e. The number of halogens is 2. The molecule has 0 aromatic heterocycles. The molecule has 2 unspecified atom stereocenters. The molecule has 10 nitrogen and oxygen atoms in total. The van der Waals surface area contributed by atoms with Crippen LogP contribution in [0.3, 0.4) is 0 Å². The average molecular weight is 716 g/mol. The summed E-state index contributed by atoms with van der Waals surface area (Å²) in [7, 11) is 0. The molecule has 0 saturated carbocycles. The van der Waals surface area contributed by atoms with Gasteiger partial charge in [-0.2, -0.15) is 0 Å². The number of amides is 4. The van der Waals surface area contributed by atoms with E-state index in [1.165, 1.54) is 0 Å². The van der Waals surface area contributed by atoms with Gasteiger partial charge in [0.15, 0.2) is 0 Å². The molecule has 2 aliphatic heterocycles. The number of anilines is 4. The highest BCUT2D eigenvalue weighted by Gasteiger charge is 2.29. The molecule has 258 valence electrons. The fourth-order valence-electron chi connectivity index (χ4n) is 6.56. The van der Waals surface area contributed by atoms with Crippen molar-refractivity contribution in [1.29, 1.82) is 0 Å². The number of hydrogen-bond donors (Lipinski definition) is 4. The summed E-state index contributed by atoms with van der Waals surface area (Å²) in [6, 6.07) is 19.7. The number of carbonyl (C=O) groups excluding carboxylic acids is 4. The standard InChI is InChI=1S/C38H36Cl2N4O6/c1-21-17-25(9-11-27(21)37(49)43-15-3-5-33(45)29-19-23(39)7-13-31(29)43)41-35(47)36(48)42-26-10-12-28(22(2)18-26)38(50)44-16-4-6-34(46)30-20-24(40)8-14-32(30)44/h7-14,17-20,33-34,45-46H,3-6,15-16H2,1-2H3,(H,41,47)(H,42,48). The average Bonchev–Trinajstić information content (AvgIpc) is 3.34. The first-order chi connectivity index (χ1) is 23.9. The minimum Gasteiger partial charge on any atom is -0.388 e. The van der Waals surface area contributed by atoms with Gasteiger partial charge < -0.3 is 30.6 Å². The van der Waals surface area contributed by atoms with Gasteiger partial charge in [0.25, 0.3) is 11.8 Å². The summed E-state index contributed by atoms with van der Waals surface area (Å²) >= 11 is 12.3. The van der Waals surface area contributed by atoms with Crippen molar-refractivity contribution in [2.45, 2.75) is 51.7 Å². The minimum absolute atomic E-state index is 0.255. The Labute approximate surface area is 299 Å². The van der Waals surface area contributed by atoms with Gasteiger partial charge in [-0.1, -0.05) is 23.2 Å². The maximum atomic E-state index is 13.7. The smallest absolute Gasteiger partial charge is 0.314 e. The molecule has 0 fully saturated rings. The number of aryl methyl sites for hydroxylation is 2. The quantitative estimate of drug-likeness (QED) is 0.166. The molecule has 12 heteroatoms. The van der Waals surface area contributed by atoms with Crippen LogP contribution in [0.2, 0.25) is 10.0 Å². The van der Waals surface area contributed by atoms with Gasteiger partial charge in [-0.15, -0.1) is 0 Å². The van der Waals surface area contributed by atoms with Crippen LogP contribution in [-0.4, -0.2) is 46.9 Å². The summed E-state index contributed by atoms with van der Waals surface area (Å²) in [5.74, 6) is -2.33. The van der Waals surface area contributed by atoms with Gasteiger partial charge in [-0.3, -0.25) is 19.2 Å². The van der Waals surface area contributed by atoms with E-state index < -0.39 is 24.0 Å². The molecule has 0 aliphatic carbocycles. The van der Waals surface area contributed by atoms with Crippen LogP contribution in [0.5, 0.6) is 0 Å². The lowest BCUT2D eigenvalue weighted by atomic mass is 10.0. The highest BCUT2D eigenvalue weighted by Crippen LogP contribution is 2.37. The Hall–Kier alpha value is -4.74. The molecule has 2 heterocycles. The fourth-order valence-corrected chi connectivity index (χ4v) is 6.93.